The molecule has 19 heavy (non-hydrogen) atoms. The molecule has 3 aliphatic rings. The van der Waals surface area contributed by atoms with Crippen molar-refractivity contribution in [1.82, 2.24) is 4.90 Å². The molecule has 1 amide bonds. The number of Topliss-reactive ketones (excluding diaryl/α,β-unsaturated/α-hetero) is 1. The van der Waals surface area contributed by atoms with E-state index in [-0.39, 0.29) is 36.8 Å². The smallest absolute Gasteiger partial charge is 0.337 e. The summed E-state index contributed by atoms with van der Waals surface area (Å²) in [6, 6.07) is 0. The average Bonchev–Trinajstić information content (AvgIpc) is 2.54. The summed E-state index contributed by atoms with van der Waals surface area (Å²) in [5, 5.41) is 0. The number of ether oxygens (including phenoxy) is 1. The molecule has 1 aliphatic heterocycles. The summed E-state index contributed by atoms with van der Waals surface area (Å²) in [6.07, 6.45) is 2.57. The number of amides is 1. The summed E-state index contributed by atoms with van der Waals surface area (Å²) in [5.41, 5.74) is 0. The Morgan fingerprint density at radius 1 is 1.21 bits per heavy atom. The lowest BCUT2D eigenvalue weighted by atomic mass is 9.79. The van der Waals surface area contributed by atoms with Gasteiger partial charge in [-0.2, -0.15) is 8.78 Å². The zero-order chi connectivity index (χ0) is 13.6. The van der Waals surface area contributed by atoms with Crippen molar-refractivity contribution < 1.29 is 23.1 Å². The molecule has 2 saturated carbocycles. The van der Waals surface area contributed by atoms with E-state index in [1.165, 1.54) is 0 Å². The summed E-state index contributed by atoms with van der Waals surface area (Å²) in [6.45, 7) is -2.27. The third-order valence-corrected chi connectivity index (χ3v) is 4.61. The Hall–Kier alpha value is -1.04. The van der Waals surface area contributed by atoms with E-state index in [0.29, 0.717) is 18.6 Å². The van der Waals surface area contributed by atoms with Crippen LogP contribution in [0.2, 0.25) is 0 Å². The topological polar surface area (TPSA) is 46.6 Å². The molecule has 1 saturated heterocycles. The molecule has 2 bridgehead atoms. The lowest BCUT2D eigenvalue weighted by Crippen LogP contribution is -2.57. The van der Waals surface area contributed by atoms with Crippen molar-refractivity contribution in [2.24, 2.45) is 17.8 Å². The minimum atomic E-state index is -2.77. The first-order valence-electron chi connectivity index (χ1n) is 6.80. The van der Waals surface area contributed by atoms with Crippen LogP contribution in [0.5, 0.6) is 0 Å². The van der Waals surface area contributed by atoms with Crippen molar-refractivity contribution in [2.75, 3.05) is 13.1 Å². The van der Waals surface area contributed by atoms with Gasteiger partial charge in [0, 0.05) is 30.8 Å². The highest BCUT2D eigenvalue weighted by Gasteiger charge is 2.46. The highest BCUT2D eigenvalue weighted by atomic mass is 19.3. The maximum Gasteiger partial charge on any atom is 0.345 e. The fourth-order valence-electron chi connectivity index (χ4n) is 3.58. The van der Waals surface area contributed by atoms with Crippen LogP contribution in [-0.4, -0.2) is 42.4 Å². The third-order valence-electron chi connectivity index (χ3n) is 4.61. The van der Waals surface area contributed by atoms with Gasteiger partial charge in [0.15, 0.2) is 0 Å². The largest absolute Gasteiger partial charge is 0.345 e. The maximum atomic E-state index is 12.2. The Morgan fingerprint density at radius 3 is 2.32 bits per heavy atom. The Bertz CT molecular complexity index is 379. The van der Waals surface area contributed by atoms with Gasteiger partial charge < -0.3 is 9.64 Å². The SMILES string of the molecule is O=C1C2CCC1CC(C(=O)N1CC(OC(F)F)C1)C2. The van der Waals surface area contributed by atoms with Crippen LogP contribution in [0.3, 0.4) is 0 Å². The van der Waals surface area contributed by atoms with Gasteiger partial charge in [0.1, 0.15) is 5.78 Å². The quantitative estimate of drug-likeness (QED) is 0.781. The van der Waals surface area contributed by atoms with E-state index in [0.717, 1.165) is 12.8 Å². The van der Waals surface area contributed by atoms with Gasteiger partial charge >= 0.3 is 6.61 Å². The van der Waals surface area contributed by atoms with Gasteiger partial charge in [-0.3, -0.25) is 9.59 Å². The van der Waals surface area contributed by atoms with E-state index in [1.54, 1.807) is 4.90 Å². The second-order valence-corrected chi connectivity index (χ2v) is 5.80. The molecule has 3 fully saturated rings. The van der Waals surface area contributed by atoms with Gasteiger partial charge in [-0.15, -0.1) is 0 Å². The first-order chi connectivity index (χ1) is 9.04. The van der Waals surface area contributed by atoms with Crippen LogP contribution in [0.1, 0.15) is 25.7 Å². The molecule has 0 spiro atoms. The van der Waals surface area contributed by atoms with Gasteiger partial charge in [0.05, 0.1) is 6.10 Å². The molecule has 4 nitrogen and oxygen atoms in total. The number of nitrogens with zero attached hydrogens (tertiary/aromatic N) is 1. The van der Waals surface area contributed by atoms with Gasteiger partial charge in [-0.25, -0.2) is 0 Å². The zero-order valence-corrected chi connectivity index (χ0v) is 10.6. The van der Waals surface area contributed by atoms with Gasteiger partial charge in [0.2, 0.25) is 5.91 Å². The van der Waals surface area contributed by atoms with Crippen molar-refractivity contribution in [3.05, 3.63) is 0 Å². The molecule has 2 atom stereocenters. The summed E-state index contributed by atoms with van der Waals surface area (Å²) in [7, 11) is 0. The van der Waals surface area contributed by atoms with Crippen LogP contribution in [-0.2, 0) is 14.3 Å². The number of halogens is 2. The Kier molecular flexibility index (Phi) is 3.28. The number of rotatable bonds is 3. The van der Waals surface area contributed by atoms with Gasteiger partial charge in [-0.05, 0) is 25.7 Å². The maximum absolute atomic E-state index is 12.2. The number of likely N-dealkylation sites (tertiary alicyclic amines) is 1. The number of hydrogen-bond donors (Lipinski definition) is 0. The van der Waals surface area contributed by atoms with Crippen LogP contribution in [0.25, 0.3) is 0 Å². The average molecular weight is 273 g/mol. The molecule has 0 N–H and O–H groups in total. The number of alkyl halides is 2. The van der Waals surface area contributed by atoms with E-state index in [9.17, 15) is 18.4 Å². The molecule has 0 radical (unpaired) electrons. The normalized spacial score (nSPS) is 34.8. The van der Waals surface area contributed by atoms with Gasteiger partial charge in [-0.1, -0.05) is 0 Å². The van der Waals surface area contributed by atoms with Crippen molar-refractivity contribution in [2.45, 2.75) is 38.4 Å². The molecular weight excluding hydrogens is 256 g/mol. The summed E-state index contributed by atoms with van der Waals surface area (Å²) in [4.78, 5) is 25.5. The summed E-state index contributed by atoms with van der Waals surface area (Å²) >= 11 is 0. The van der Waals surface area contributed by atoms with Crippen molar-refractivity contribution in [3.8, 4) is 0 Å². The molecule has 0 aromatic heterocycles. The fourth-order valence-corrected chi connectivity index (χ4v) is 3.58. The highest BCUT2D eigenvalue weighted by molar-refractivity contribution is 5.89. The predicted octanol–water partition coefficient (Wildman–Crippen LogP) is 1.44. The van der Waals surface area contributed by atoms with Crippen molar-refractivity contribution in [3.63, 3.8) is 0 Å². The van der Waals surface area contributed by atoms with Crippen LogP contribution in [0.15, 0.2) is 0 Å². The Balaban J connectivity index is 1.51. The van der Waals surface area contributed by atoms with Crippen LogP contribution < -0.4 is 0 Å². The number of hydrogen-bond acceptors (Lipinski definition) is 3. The monoisotopic (exact) mass is 273 g/mol. The van der Waals surface area contributed by atoms with Crippen LogP contribution in [0.4, 0.5) is 8.78 Å². The van der Waals surface area contributed by atoms with E-state index >= 15 is 0 Å². The van der Waals surface area contributed by atoms with E-state index < -0.39 is 12.7 Å². The number of carbonyl (C=O) groups is 2. The third kappa shape index (κ3) is 2.38. The molecule has 1 heterocycles. The Labute approximate surface area is 110 Å². The van der Waals surface area contributed by atoms with Crippen LogP contribution >= 0.6 is 0 Å². The number of ketones is 1. The zero-order valence-electron chi connectivity index (χ0n) is 10.6. The van der Waals surface area contributed by atoms with Crippen LogP contribution in [0, 0.1) is 17.8 Å². The van der Waals surface area contributed by atoms with E-state index in [4.69, 9.17) is 0 Å². The molecular formula is C13H17F2NO3. The molecule has 0 aromatic rings. The van der Waals surface area contributed by atoms with Gasteiger partial charge in [0.25, 0.3) is 0 Å². The first-order valence-corrected chi connectivity index (χ1v) is 6.80. The van der Waals surface area contributed by atoms with E-state index in [2.05, 4.69) is 4.74 Å². The summed E-state index contributed by atoms with van der Waals surface area (Å²) in [5.74, 6) is 0.358. The first kappa shape index (κ1) is 13.0. The van der Waals surface area contributed by atoms with Crippen molar-refractivity contribution >= 4 is 11.7 Å². The fraction of sp³-hybridized carbons (Fsp3) is 0.846. The molecule has 2 aliphatic carbocycles. The standard InChI is InChI=1S/C13H17F2NO3/c14-13(15)19-10-5-16(6-10)12(18)9-3-7-1-2-8(4-9)11(7)17/h7-10,13H,1-6H2. The predicted molar refractivity (Wildman–Crippen MR) is 61.4 cm³/mol. The molecule has 0 aromatic carbocycles. The molecule has 2 unspecified atom stereocenters. The lowest BCUT2D eigenvalue weighted by molar-refractivity contribution is -0.200. The number of fused-ring (bicyclic) bond motifs is 2. The van der Waals surface area contributed by atoms with Crippen molar-refractivity contribution in [1.29, 1.82) is 0 Å². The van der Waals surface area contributed by atoms with E-state index in [1.807, 2.05) is 0 Å². The minimum absolute atomic E-state index is 0.0125. The minimum Gasteiger partial charge on any atom is -0.337 e. The second kappa shape index (κ2) is 4.81. The summed E-state index contributed by atoms with van der Waals surface area (Å²) < 4.78 is 28.3. The molecule has 106 valence electrons. The molecule has 6 heteroatoms. The Morgan fingerprint density at radius 2 is 1.79 bits per heavy atom. The number of carbonyl (C=O) groups excluding carboxylic acids is 2. The molecule has 3 rings (SSSR count). The second-order valence-electron chi connectivity index (χ2n) is 5.80. The highest BCUT2D eigenvalue weighted by Crippen LogP contribution is 2.42. The lowest BCUT2D eigenvalue weighted by Gasteiger charge is -2.41.